The van der Waals surface area contributed by atoms with E-state index >= 15 is 0 Å². The van der Waals surface area contributed by atoms with Crippen molar-refractivity contribution in [2.24, 2.45) is 0 Å². The van der Waals surface area contributed by atoms with Crippen LogP contribution in [0.15, 0.2) is 59.5 Å². The minimum Gasteiger partial charge on any atom is -0.457 e. The first-order chi connectivity index (χ1) is 11.5. The van der Waals surface area contributed by atoms with E-state index in [-0.39, 0.29) is 18.3 Å². The van der Waals surface area contributed by atoms with E-state index in [0.29, 0.717) is 11.3 Å². The molecule has 1 N–H and O–H groups in total. The van der Waals surface area contributed by atoms with Crippen molar-refractivity contribution in [1.82, 2.24) is 9.55 Å². The molecule has 0 fully saturated rings. The lowest BCUT2D eigenvalue weighted by atomic mass is 10.1. The fraction of sp³-hybridized carbons (Fsp3) is 0.158. The zero-order chi connectivity index (χ0) is 17.1. The molecule has 0 aliphatic rings. The molecule has 122 valence electrons. The van der Waals surface area contributed by atoms with Gasteiger partial charge in [0, 0.05) is 11.9 Å². The highest BCUT2D eigenvalue weighted by atomic mass is 16.5. The van der Waals surface area contributed by atoms with Crippen molar-refractivity contribution in [2.45, 2.75) is 20.5 Å². The summed E-state index contributed by atoms with van der Waals surface area (Å²) in [4.78, 5) is 26.5. The number of carbonyl (C=O) groups excluding carboxylic acids is 1. The third-order valence-corrected chi connectivity index (χ3v) is 3.81. The number of nitrogens with zero attached hydrogens (tertiary/aromatic N) is 1. The third kappa shape index (κ3) is 3.30. The van der Waals surface area contributed by atoms with Gasteiger partial charge in [0.1, 0.15) is 6.61 Å². The number of H-pyrrole nitrogens is 1. The summed E-state index contributed by atoms with van der Waals surface area (Å²) in [7, 11) is 0. The summed E-state index contributed by atoms with van der Waals surface area (Å²) in [5, 5.41) is 0. The van der Waals surface area contributed by atoms with E-state index in [4.69, 9.17) is 4.74 Å². The Kier molecular flexibility index (Phi) is 4.33. The lowest BCUT2D eigenvalue weighted by molar-refractivity contribution is 0.0473. The molecule has 0 radical (unpaired) electrons. The van der Waals surface area contributed by atoms with E-state index in [9.17, 15) is 9.59 Å². The molecule has 5 heteroatoms. The van der Waals surface area contributed by atoms with Crippen LogP contribution < -0.4 is 5.69 Å². The summed E-state index contributed by atoms with van der Waals surface area (Å²) in [5.41, 5.74) is 3.86. The Bertz CT molecular complexity index is 903. The van der Waals surface area contributed by atoms with Crippen LogP contribution in [-0.2, 0) is 11.3 Å². The largest absolute Gasteiger partial charge is 0.457 e. The zero-order valence-corrected chi connectivity index (χ0v) is 13.6. The van der Waals surface area contributed by atoms with Crippen LogP contribution in [0.25, 0.3) is 5.69 Å². The maximum atomic E-state index is 12.1. The van der Waals surface area contributed by atoms with Crippen molar-refractivity contribution in [3.05, 3.63) is 87.6 Å². The molecule has 3 rings (SSSR count). The number of aromatic amines is 1. The van der Waals surface area contributed by atoms with Gasteiger partial charge in [-0.15, -0.1) is 0 Å². The molecule has 0 bridgehead atoms. The Labute approximate surface area is 139 Å². The van der Waals surface area contributed by atoms with Gasteiger partial charge < -0.3 is 9.72 Å². The molecule has 24 heavy (non-hydrogen) atoms. The zero-order valence-electron chi connectivity index (χ0n) is 13.6. The quantitative estimate of drug-likeness (QED) is 0.751. The molecular formula is C19H18N2O3. The number of hydrogen-bond acceptors (Lipinski definition) is 3. The van der Waals surface area contributed by atoms with E-state index < -0.39 is 0 Å². The van der Waals surface area contributed by atoms with Gasteiger partial charge in [-0.2, -0.15) is 0 Å². The van der Waals surface area contributed by atoms with Crippen molar-refractivity contribution in [3.8, 4) is 5.69 Å². The monoisotopic (exact) mass is 322 g/mol. The predicted octanol–water partition coefficient (Wildman–Crippen LogP) is 3.14. The van der Waals surface area contributed by atoms with Crippen molar-refractivity contribution in [3.63, 3.8) is 0 Å². The van der Waals surface area contributed by atoms with Gasteiger partial charge in [0.15, 0.2) is 0 Å². The summed E-state index contributed by atoms with van der Waals surface area (Å²) >= 11 is 0. The third-order valence-electron chi connectivity index (χ3n) is 3.81. The molecule has 0 spiro atoms. The minimum atomic E-state index is -0.389. The van der Waals surface area contributed by atoms with Gasteiger partial charge in [-0.25, -0.2) is 9.59 Å². The summed E-state index contributed by atoms with van der Waals surface area (Å²) in [6.07, 6.45) is 1.64. The Balaban J connectivity index is 1.70. The molecule has 0 atom stereocenters. The minimum absolute atomic E-state index is 0.206. The number of aromatic nitrogens is 2. The maximum Gasteiger partial charge on any atom is 0.338 e. The number of rotatable bonds is 4. The van der Waals surface area contributed by atoms with E-state index in [1.54, 1.807) is 35.0 Å². The average molecular weight is 322 g/mol. The van der Waals surface area contributed by atoms with Gasteiger partial charge in [-0.05, 0) is 43.7 Å². The van der Waals surface area contributed by atoms with Crippen molar-refractivity contribution >= 4 is 5.97 Å². The number of benzene rings is 2. The molecule has 3 aromatic rings. The number of carbonyl (C=O) groups is 1. The Hall–Kier alpha value is -3.08. The van der Waals surface area contributed by atoms with Gasteiger partial charge >= 0.3 is 11.7 Å². The highest BCUT2D eigenvalue weighted by molar-refractivity contribution is 5.89. The van der Waals surface area contributed by atoms with Crippen LogP contribution in [-0.4, -0.2) is 15.5 Å². The molecule has 0 aliphatic carbocycles. The first-order valence-electron chi connectivity index (χ1n) is 7.65. The Morgan fingerprint density at radius 1 is 1.04 bits per heavy atom. The van der Waals surface area contributed by atoms with Crippen LogP contribution in [0.5, 0.6) is 0 Å². The fourth-order valence-corrected chi connectivity index (χ4v) is 2.44. The first kappa shape index (κ1) is 15.8. The van der Waals surface area contributed by atoms with Crippen LogP contribution in [0, 0.1) is 13.8 Å². The van der Waals surface area contributed by atoms with Gasteiger partial charge in [0.25, 0.3) is 0 Å². The van der Waals surface area contributed by atoms with Crippen LogP contribution in [0.1, 0.15) is 27.2 Å². The SMILES string of the molecule is Cc1ccc(COC(=O)c2ccc(-n3c(C)c[nH]c3=O)cc2)cc1. The maximum absolute atomic E-state index is 12.1. The molecule has 0 unspecified atom stereocenters. The molecule has 1 aromatic heterocycles. The normalized spacial score (nSPS) is 10.6. The lowest BCUT2D eigenvalue weighted by Crippen LogP contribution is -2.16. The van der Waals surface area contributed by atoms with Crippen LogP contribution in [0.4, 0.5) is 0 Å². The van der Waals surface area contributed by atoms with Gasteiger partial charge in [-0.3, -0.25) is 4.57 Å². The van der Waals surface area contributed by atoms with Crippen LogP contribution >= 0.6 is 0 Å². The number of ether oxygens (including phenoxy) is 1. The second-order valence-electron chi connectivity index (χ2n) is 5.68. The van der Waals surface area contributed by atoms with E-state index in [0.717, 1.165) is 16.8 Å². The summed E-state index contributed by atoms with van der Waals surface area (Å²) in [5.74, 6) is -0.389. The highest BCUT2D eigenvalue weighted by Gasteiger charge is 2.09. The Morgan fingerprint density at radius 3 is 2.29 bits per heavy atom. The number of nitrogens with one attached hydrogen (secondary N) is 1. The Morgan fingerprint density at radius 2 is 1.71 bits per heavy atom. The standard InChI is InChI=1S/C19H18N2O3/c1-13-3-5-15(6-4-13)12-24-18(22)16-7-9-17(10-8-16)21-14(2)11-20-19(21)23/h3-11H,12H2,1-2H3,(H,20,23). The van der Waals surface area contributed by atoms with Gasteiger partial charge in [0.2, 0.25) is 0 Å². The van der Waals surface area contributed by atoms with E-state index in [2.05, 4.69) is 4.98 Å². The molecule has 0 aliphatic heterocycles. The molecule has 0 saturated heterocycles. The first-order valence-corrected chi connectivity index (χ1v) is 7.65. The van der Waals surface area contributed by atoms with Crippen molar-refractivity contribution < 1.29 is 9.53 Å². The molecular weight excluding hydrogens is 304 g/mol. The predicted molar refractivity (Wildman–Crippen MR) is 91.4 cm³/mol. The molecule has 5 nitrogen and oxygen atoms in total. The van der Waals surface area contributed by atoms with Crippen LogP contribution in [0.3, 0.4) is 0 Å². The van der Waals surface area contributed by atoms with Gasteiger partial charge in [0.05, 0.1) is 11.3 Å². The summed E-state index contributed by atoms with van der Waals surface area (Å²) < 4.78 is 6.86. The van der Waals surface area contributed by atoms with Gasteiger partial charge in [-0.1, -0.05) is 29.8 Å². The summed E-state index contributed by atoms with van der Waals surface area (Å²) in [6, 6.07) is 14.6. The molecule has 1 heterocycles. The average Bonchev–Trinajstić information content (AvgIpc) is 2.93. The second-order valence-corrected chi connectivity index (χ2v) is 5.68. The second kappa shape index (κ2) is 6.58. The van der Waals surface area contributed by atoms with E-state index in [1.807, 2.05) is 38.1 Å². The fourth-order valence-electron chi connectivity index (χ4n) is 2.44. The van der Waals surface area contributed by atoms with Crippen LogP contribution in [0.2, 0.25) is 0 Å². The topological polar surface area (TPSA) is 64.1 Å². The molecule has 0 saturated carbocycles. The van der Waals surface area contributed by atoms with Crippen molar-refractivity contribution in [2.75, 3.05) is 0 Å². The number of hydrogen-bond donors (Lipinski definition) is 1. The van der Waals surface area contributed by atoms with Crippen molar-refractivity contribution in [1.29, 1.82) is 0 Å². The number of imidazole rings is 1. The summed E-state index contributed by atoms with van der Waals surface area (Å²) in [6.45, 7) is 4.08. The molecule has 0 amide bonds. The highest BCUT2D eigenvalue weighted by Crippen LogP contribution is 2.12. The van der Waals surface area contributed by atoms with E-state index in [1.165, 1.54) is 0 Å². The lowest BCUT2D eigenvalue weighted by Gasteiger charge is -2.07. The number of esters is 1. The smallest absolute Gasteiger partial charge is 0.338 e. The number of aryl methyl sites for hydroxylation is 2. The molecule has 2 aromatic carbocycles.